The SMILES string of the molecule is CCOC(=O)/C(=C/c1ccc(OC(C)N2CCOc3ccccc32)cc1)Oc1ccccc1. The number of ether oxygens (including phenoxy) is 4. The van der Waals surface area contributed by atoms with E-state index in [4.69, 9.17) is 18.9 Å². The number of para-hydroxylation sites is 3. The molecular weight excluding hydrogens is 418 g/mol. The van der Waals surface area contributed by atoms with Crippen LogP contribution in [0.2, 0.25) is 0 Å². The first kappa shape index (κ1) is 22.3. The fourth-order valence-corrected chi connectivity index (χ4v) is 3.57. The van der Waals surface area contributed by atoms with Gasteiger partial charge < -0.3 is 23.8 Å². The molecule has 6 nitrogen and oxygen atoms in total. The van der Waals surface area contributed by atoms with Crippen LogP contribution < -0.4 is 19.1 Å². The van der Waals surface area contributed by atoms with E-state index in [0.717, 1.165) is 29.3 Å². The summed E-state index contributed by atoms with van der Waals surface area (Å²) in [7, 11) is 0. The molecule has 0 saturated heterocycles. The Morgan fingerprint density at radius 1 is 1.00 bits per heavy atom. The maximum Gasteiger partial charge on any atom is 0.374 e. The van der Waals surface area contributed by atoms with Gasteiger partial charge in [-0.25, -0.2) is 4.79 Å². The zero-order chi connectivity index (χ0) is 23.0. The number of hydrogen-bond acceptors (Lipinski definition) is 6. The zero-order valence-electron chi connectivity index (χ0n) is 18.8. The molecule has 0 aromatic heterocycles. The predicted molar refractivity (Wildman–Crippen MR) is 127 cm³/mol. The Balaban J connectivity index is 1.47. The molecule has 6 heteroatoms. The number of rotatable bonds is 8. The van der Waals surface area contributed by atoms with Crippen LogP contribution in [0.3, 0.4) is 0 Å². The van der Waals surface area contributed by atoms with Crippen LogP contribution in [0.25, 0.3) is 6.08 Å². The smallest absolute Gasteiger partial charge is 0.374 e. The molecule has 0 aliphatic carbocycles. The van der Waals surface area contributed by atoms with Crippen molar-refractivity contribution in [1.82, 2.24) is 0 Å². The van der Waals surface area contributed by atoms with E-state index in [-0.39, 0.29) is 18.6 Å². The molecule has 0 fully saturated rings. The highest BCUT2D eigenvalue weighted by Gasteiger charge is 2.23. The summed E-state index contributed by atoms with van der Waals surface area (Å²) in [5.41, 5.74) is 1.82. The van der Waals surface area contributed by atoms with Gasteiger partial charge in [-0.2, -0.15) is 0 Å². The second kappa shape index (κ2) is 10.6. The molecule has 0 N–H and O–H groups in total. The van der Waals surface area contributed by atoms with E-state index in [0.29, 0.717) is 12.4 Å². The summed E-state index contributed by atoms with van der Waals surface area (Å²) < 4.78 is 22.8. The van der Waals surface area contributed by atoms with Gasteiger partial charge in [-0.1, -0.05) is 42.5 Å². The number of carbonyl (C=O) groups excluding carboxylic acids is 1. The minimum atomic E-state index is -0.513. The van der Waals surface area contributed by atoms with Gasteiger partial charge in [-0.15, -0.1) is 0 Å². The standard InChI is InChI=1S/C27H27NO5/c1-3-30-27(29)26(33-22-9-5-4-6-10-22)19-21-13-15-23(16-14-21)32-20(2)28-17-18-31-25-12-8-7-11-24(25)28/h4-16,19-20H,3,17-18H2,1-2H3/b26-19-. The third-order valence-electron chi connectivity index (χ3n) is 5.14. The monoisotopic (exact) mass is 445 g/mol. The first-order chi connectivity index (χ1) is 16.1. The van der Waals surface area contributed by atoms with E-state index in [1.54, 1.807) is 25.1 Å². The van der Waals surface area contributed by atoms with Crippen molar-refractivity contribution in [2.24, 2.45) is 0 Å². The molecule has 1 aliphatic heterocycles. The number of nitrogens with zero attached hydrogens (tertiary/aromatic N) is 1. The van der Waals surface area contributed by atoms with Gasteiger partial charge in [0.1, 0.15) is 23.9 Å². The topological polar surface area (TPSA) is 57.2 Å². The lowest BCUT2D eigenvalue weighted by atomic mass is 10.2. The minimum Gasteiger partial charge on any atom is -0.490 e. The number of benzene rings is 3. The van der Waals surface area contributed by atoms with Crippen molar-refractivity contribution in [3.05, 3.63) is 90.2 Å². The Hall–Kier alpha value is -3.93. The van der Waals surface area contributed by atoms with Gasteiger partial charge >= 0.3 is 5.97 Å². The van der Waals surface area contributed by atoms with E-state index in [2.05, 4.69) is 4.90 Å². The minimum absolute atomic E-state index is 0.120. The molecular formula is C27H27NO5. The van der Waals surface area contributed by atoms with Crippen LogP contribution in [0.15, 0.2) is 84.6 Å². The molecule has 0 saturated carbocycles. The maximum atomic E-state index is 12.4. The lowest BCUT2D eigenvalue weighted by Crippen LogP contribution is -2.42. The molecule has 3 aromatic carbocycles. The van der Waals surface area contributed by atoms with Gasteiger partial charge in [0, 0.05) is 0 Å². The van der Waals surface area contributed by atoms with Gasteiger partial charge in [-0.3, -0.25) is 0 Å². The number of hydrogen-bond donors (Lipinski definition) is 0. The summed E-state index contributed by atoms with van der Waals surface area (Å²) in [6, 6.07) is 24.6. The molecule has 0 bridgehead atoms. The first-order valence-corrected chi connectivity index (χ1v) is 11.0. The molecule has 0 amide bonds. The Morgan fingerprint density at radius 3 is 2.48 bits per heavy atom. The quantitative estimate of drug-likeness (QED) is 0.267. The fourth-order valence-electron chi connectivity index (χ4n) is 3.57. The number of fused-ring (bicyclic) bond motifs is 1. The highest BCUT2D eigenvalue weighted by molar-refractivity contribution is 5.92. The summed E-state index contributed by atoms with van der Waals surface area (Å²) in [5.74, 6) is 1.77. The molecule has 33 heavy (non-hydrogen) atoms. The van der Waals surface area contributed by atoms with E-state index in [1.165, 1.54) is 0 Å². The van der Waals surface area contributed by atoms with Gasteiger partial charge in [-0.05, 0) is 61.9 Å². The second-order valence-electron chi connectivity index (χ2n) is 7.44. The average Bonchev–Trinajstić information content (AvgIpc) is 2.85. The lowest BCUT2D eigenvalue weighted by molar-refractivity contribution is -0.140. The van der Waals surface area contributed by atoms with Crippen LogP contribution >= 0.6 is 0 Å². The Bertz CT molecular complexity index is 1100. The van der Waals surface area contributed by atoms with E-state index in [1.807, 2.05) is 73.7 Å². The normalized spacial score (nSPS) is 14.0. The largest absolute Gasteiger partial charge is 0.490 e. The molecule has 4 rings (SSSR count). The van der Waals surface area contributed by atoms with Crippen LogP contribution in [0.1, 0.15) is 19.4 Å². The van der Waals surface area contributed by atoms with Gasteiger partial charge in [0.05, 0.1) is 18.8 Å². The number of anilines is 1. The Labute approximate surface area is 194 Å². The van der Waals surface area contributed by atoms with E-state index in [9.17, 15) is 4.79 Å². The highest BCUT2D eigenvalue weighted by Crippen LogP contribution is 2.33. The molecule has 0 spiro atoms. The van der Waals surface area contributed by atoms with Crippen LogP contribution in [-0.4, -0.2) is 32.0 Å². The molecule has 1 atom stereocenters. The van der Waals surface area contributed by atoms with Crippen LogP contribution in [0.5, 0.6) is 17.2 Å². The molecule has 3 aromatic rings. The summed E-state index contributed by atoms with van der Waals surface area (Å²) in [6.07, 6.45) is 1.49. The van der Waals surface area contributed by atoms with Crippen molar-refractivity contribution in [3.8, 4) is 17.2 Å². The van der Waals surface area contributed by atoms with Gasteiger partial charge in [0.2, 0.25) is 5.76 Å². The van der Waals surface area contributed by atoms with Crippen LogP contribution in [-0.2, 0) is 9.53 Å². The number of carbonyl (C=O) groups is 1. The predicted octanol–water partition coefficient (Wildman–Crippen LogP) is 5.29. The van der Waals surface area contributed by atoms with Gasteiger partial charge in [0.25, 0.3) is 0 Å². The van der Waals surface area contributed by atoms with Crippen molar-refractivity contribution in [1.29, 1.82) is 0 Å². The highest BCUT2D eigenvalue weighted by atomic mass is 16.6. The van der Waals surface area contributed by atoms with Crippen molar-refractivity contribution < 1.29 is 23.7 Å². The number of esters is 1. The van der Waals surface area contributed by atoms with E-state index >= 15 is 0 Å². The summed E-state index contributed by atoms with van der Waals surface area (Å²) in [4.78, 5) is 14.6. The molecule has 1 unspecified atom stereocenters. The third-order valence-corrected chi connectivity index (χ3v) is 5.14. The second-order valence-corrected chi connectivity index (χ2v) is 7.44. The molecule has 170 valence electrons. The van der Waals surface area contributed by atoms with Gasteiger partial charge in [0.15, 0.2) is 6.23 Å². The molecule has 1 heterocycles. The summed E-state index contributed by atoms with van der Waals surface area (Å²) >= 11 is 0. The lowest BCUT2D eigenvalue weighted by Gasteiger charge is -2.35. The molecule has 0 radical (unpaired) electrons. The molecule has 1 aliphatic rings. The van der Waals surface area contributed by atoms with Crippen molar-refractivity contribution in [2.45, 2.75) is 20.1 Å². The first-order valence-electron chi connectivity index (χ1n) is 11.0. The van der Waals surface area contributed by atoms with Crippen molar-refractivity contribution in [3.63, 3.8) is 0 Å². The summed E-state index contributed by atoms with van der Waals surface area (Å²) in [6.45, 7) is 5.41. The average molecular weight is 446 g/mol. The Morgan fingerprint density at radius 2 is 1.73 bits per heavy atom. The summed E-state index contributed by atoms with van der Waals surface area (Å²) in [5, 5.41) is 0. The third kappa shape index (κ3) is 5.66. The Kier molecular flexibility index (Phi) is 7.15. The zero-order valence-corrected chi connectivity index (χ0v) is 18.8. The van der Waals surface area contributed by atoms with E-state index < -0.39 is 5.97 Å². The van der Waals surface area contributed by atoms with Crippen LogP contribution in [0.4, 0.5) is 5.69 Å². The van der Waals surface area contributed by atoms with Crippen molar-refractivity contribution >= 4 is 17.7 Å². The van der Waals surface area contributed by atoms with Crippen molar-refractivity contribution in [2.75, 3.05) is 24.7 Å². The maximum absolute atomic E-state index is 12.4. The fraction of sp³-hybridized carbons (Fsp3) is 0.222. The van der Waals surface area contributed by atoms with Crippen LogP contribution in [0, 0.1) is 0 Å².